The van der Waals surface area contributed by atoms with E-state index in [1.165, 1.54) is 4.88 Å². The highest BCUT2D eigenvalue weighted by Crippen LogP contribution is 2.35. The van der Waals surface area contributed by atoms with Crippen LogP contribution in [0.1, 0.15) is 4.88 Å². The van der Waals surface area contributed by atoms with Crippen LogP contribution in [0, 0.1) is 0 Å². The van der Waals surface area contributed by atoms with Crippen LogP contribution in [-0.4, -0.2) is 83.7 Å². The van der Waals surface area contributed by atoms with Gasteiger partial charge in [0.25, 0.3) is 0 Å². The number of amides is 1. The summed E-state index contributed by atoms with van der Waals surface area (Å²) >= 11 is 1.77. The first-order valence-electron chi connectivity index (χ1n) is 10.4. The number of aromatic nitrogens is 4. The zero-order valence-electron chi connectivity index (χ0n) is 17.1. The number of fused-ring (bicyclic) bond motifs is 1. The van der Waals surface area contributed by atoms with E-state index in [0.29, 0.717) is 31.0 Å². The third kappa shape index (κ3) is 4.49. The molecule has 2 fully saturated rings. The summed E-state index contributed by atoms with van der Waals surface area (Å²) in [5.74, 6) is 1.77. The molecule has 0 unspecified atom stereocenters. The number of anilines is 2. The molecule has 5 heterocycles. The Labute approximate surface area is 183 Å². The highest BCUT2D eigenvalue weighted by Gasteiger charge is 2.21. The second kappa shape index (κ2) is 9.18. The topological polar surface area (TPSA) is 108 Å². The maximum absolute atomic E-state index is 10.6. The van der Waals surface area contributed by atoms with E-state index < -0.39 is 0 Å². The summed E-state index contributed by atoms with van der Waals surface area (Å²) in [5.41, 5.74) is 1.65. The van der Waals surface area contributed by atoms with Gasteiger partial charge in [-0.25, -0.2) is 19.9 Å². The van der Waals surface area contributed by atoms with Gasteiger partial charge in [0.2, 0.25) is 12.4 Å². The number of hydrogen-bond acceptors (Lipinski definition) is 10. The highest BCUT2D eigenvalue weighted by molar-refractivity contribution is 7.19. The number of nitrogens with zero attached hydrogens (tertiary/aromatic N) is 6. The van der Waals surface area contributed by atoms with Gasteiger partial charge in [-0.15, -0.1) is 11.3 Å². The van der Waals surface area contributed by atoms with E-state index in [-0.39, 0.29) is 5.95 Å². The van der Waals surface area contributed by atoms with E-state index in [0.717, 1.165) is 61.8 Å². The summed E-state index contributed by atoms with van der Waals surface area (Å²) < 4.78 is 6.65. The minimum Gasteiger partial charge on any atom is -0.378 e. The Bertz CT molecular complexity index is 1050. The van der Waals surface area contributed by atoms with E-state index in [1.54, 1.807) is 23.7 Å². The largest absolute Gasteiger partial charge is 0.378 e. The average molecular weight is 441 g/mol. The van der Waals surface area contributed by atoms with Crippen molar-refractivity contribution < 1.29 is 9.53 Å². The molecule has 2 saturated heterocycles. The first kappa shape index (κ1) is 20.2. The molecule has 1 amide bonds. The van der Waals surface area contributed by atoms with Crippen molar-refractivity contribution in [3.8, 4) is 11.4 Å². The van der Waals surface area contributed by atoms with Crippen molar-refractivity contribution in [2.75, 3.05) is 62.7 Å². The van der Waals surface area contributed by atoms with Crippen molar-refractivity contribution in [1.82, 2.24) is 30.2 Å². The molecule has 2 aliphatic heterocycles. The van der Waals surface area contributed by atoms with Crippen LogP contribution in [0.5, 0.6) is 0 Å². The maximum atomic E-state index is 10.6. The van der Waals surface area contributed by atoms with E-state index in [9.17, 15) is 4.79 Å². The molecule has 3 aromatic heterocycles. The number of nitrogens with one attached hydrogen (secondary N) is 2. The molecule has 0 aromatic carbocycles. The van der Waals surface area contributed by atoms with Gasteiger partial charge in [0.1, 0.15) is 0 Å². The minimum atomic E-state index is 0.252. The van der Waals surface area contributed by atoms with E-state index in [1.807, 2.05) is 0 Å². The van der Waals surface area contributed by atoms with E-state index >= 15 is 0 Å². The Morgan fingerprint density at radius 1 is 1.13 bits per heavy atom. The number of morpholine rings is 1. The lowest BCUT2D eigenvalue weighted by Crippen LogP contribution is -2.42. The van der Waals surface area contributed by atoms with Crippen LogP contribution >= 0.6 is 11.3 Å². The van der Waals surface area contributed by atoms with Crippen LogP contribution in [0.4, 0.5) is 11.8 Å². The molecule has 162 valence electrons. The van der Waals surface area contributed by atoms with Crippen molar-refractivity contribution in [1.29, 1.82) is 0 Å². The van der Waals surface area contributed by atoms with E-state index in [2.05, 4.69) is 36.5 Å². The molecular formula is C20H24N8O2S. The minimum absolute atomic E-state index is 0.252. The molecule has 0 bridgehead atoms. The first-order chi connectivity index (χ1) is 15.3. The number of carbonyl (C=O) groups excluding carboxylic acids is 1. The van der Waals surface area contributed by atoms with Crippen LogP contribution in [-0.2, 0) is 16.1 Å². The summed E-state index contributed by atoms with van der Waals surface area (Å²) in [4.78, 5) is 34.7. The Balaban J connectivity index is 1.52. The molecule has 0 saturated carbocycles. The van der Waals surface area contributed by atoms with Gasteiger partial charge in [0.05, 0.1) is 29.0 Å². The Kier molecular flexibility index (Phi) is 5.98. The molecule has 0 radical (unpaired) electrons. The van der Waals surface area contributed by atoms with Crippen molar-refractivity contribution in [3.05, 3.63) is 23.3 Å². The van der Waals surface area contributed by atoms with Gasteiger partial charge < -0.3 is 15.0 Å². The standard InChI is InChI=1S/C20H24N8O2S/c29-13-24-20-22-10-14(11-23-20)18-25-16-9-15(12-27-3-1-21-2-4-27)31-17(16)19(26-18)28-5-7-30-8-6-28/h9-11,13,21H,1-8,12H2,(H,22,23,24,29). The molecule has 0 atom stereocenters. The molecule has 2 aliphatic rings. The lowest BCUT2D eigenvalue weighted by atomic mass is 10.3. The SMILES string of the molecule is O=CNc1ncc(-c2nc(N3CCOCC3)c3sc(CN4CCNCC4)cc3n2)cn1. The number of carbonyl (C=O) groups is 1. The normalized spacial score (nSPS) is 17.7. The van der Waals surface area contributed by atoms with Crippen molar-refractivity contribution in [2.24, 2.45) is 0 Å². The second-order valence-corrected chi connectivity index (χ2v) is 8.62. The number of rotatable bonds is 6. The van der Waals surface area contributed by atoms with Gasteiger partial charge >= 0.3 is 0 Å². The predicted octanol–water partition coefficient (Wildman–Crippen LogP) is 0.958. The third-order valence-corrected chi connectivity index (χ3v) is 6.51. The van der Waals surface area contributed by atoms with Crippen LogP contribution in [0.15, 0.2) is 18.5 Å². The van der Waals surface area contributed by atoms with Crippen LogP contribution in [0.2, 0.25) is 0 Å². The number of hydrogen-bond donors (Lipinski definition) is 2. The fraction of sp³-hybridized carbons (Fsp3) is 0.450. The summed E-state index contributed by atoms with van der Waals surface area (Å²) in [6.07, 6.45) is 3.83. The van der Waals surface area contributed by atoms with Crippen LogP contribution < -0.4 is 15.5 Å². The quantitative estimate of drug-likeness (QED) is 0.542. The van der Waals surface area contributed by atoms with Crippen molar-refractivity contribution >= 4 is 39.7 Å². The van der Waals surface area contributed by atoms with Crippen LogP contribution in [0.25, 0.3) is 21.6 Å². The smallest absolute Gasteiger partial charge is 0.229 e. The van der Waals surface area contributed by atoms with Crippen molar-refractivity contribution in [3.63, 3.8) is 0 Å². The number of thiophene rings is 1. The summed E-state index contributed by atoms with van der Waals surface area (Å²) in [7, 11) is 0. The molecule has 2 N–H and O–H groups in total. The fourth-order valence-electron chi connectivity index (χ4n) is 3.82. The maximum Gasteiger partial charge on any atom is 0.229 e. The van der Waals surface area contributed by atoms with E-state index in [4.69, 9.17) is 14.7 Å². The summed E-state index contributed by atoms with van der Waals surface area (Å²) in [5, 5.41) is 5.85. The summed E-state index contributed by atoms with van der Waals surface area (Å²) in [6, 6.07) is 2.18. The molecule has 0 spiro atoms. The van der Waals surface area contributed by atoms with Gasteiger partial charge in [0, 0.05) is 63.1 Å². The molecule has 11 heteroatoms. The second-order valence-electron chi connectivity index (χ2n) is 7.48. The Hall–Kier alpha value is -2.73. The first-order valence-corrected chi connectivity index (χ1v) is 11.2. The monoisotopic (exact) mass is 440 g/mol. The van der Waals surface area contributed by atoms with Gasteiger partial charge in [-0.05, 0) is 6.07 Å². The zero-order chi connectivity index (χ0) is 21.0. The van der Waals surface area contributed by atoms with Gasteiger partial charge in [-0.2, -0.15) is 0 Å². The Morgan fingerprint density at radius 3 is 2.65 bits per heavy atom. The molecule has 10 nitrogen and oxygen atoms in total. The van der Waals surface area contributed by atoms with Gasteiger partial charge in [-0.1, -0.05) is 0 Å². The lowest BCUT2D eigenvalue weighted by Gasteiger charge is -2.28. The molecule has 0 aliphatic carbocycles. The zero-order valence-corrected chi connectivity index (χ0v) is 17.9. The average Bonchev–Trinajstić information content (AvgIpc) is 3.22. The molecule has 5 rings (SSSR count). The van der Waals surface area contributed by atoms with Gasteiger partial charge in [0.15, 0.2) is 11.6 Å². The predicted molar refractivity (Wildman–Crippen MR) is 119 cm³/mol. The third-order valence-electron chi connectivity index (χ3n) is 5.40. The van der Waals surface area contributed by atoms with Gasteiger partial charge in [-0.3, -0.25) is 15.0 Å². The summed E-state index contributed by atoms with van der Waals surface area (Å²) in [6.45, 7) is 8.08. The van der Waals surface area contributed by atoms with Crippen LogP contribution in [0.3, 0.4) is 0 Å². The Morgan fingerprint density at radius 2 is 1.90 bits per heavy atom. The lowest BCUT2D eigenvalue weighted by molar-refractivity contribution is -0.105. The fourth-order valence-corrected chi connectivity index (χ4v) is 4.98. The molecule has 31 heavy (non-hydrogen) atoms. The number of piperazine rings is 1. The number of ether oxygens (including phenoxy) is 1. The molecular weight excluding hydrogens is 416 g/mol. The molecule has 3 aromatic rings. The van der Waals surface area contributed by atoms with Crippen molar-refractivity contribution in [2.45, 2.75) is 6.54 Å². The highest BCUT2D eigenvalue weighted by atomic mass is 32.1.